The van der Waals surface area contributed by atoms with Crippen LogP contribution in [0.4, 0.5) is 0 Å². The van der Waals surface area contributed by atoms with Gasteiger partial charge in [0.15, 0.2) is 0 Å². The van der Waals surface area contributed by atoms with Gasteiger partial charge in [-0.3, -0.25) is 0 Å². The zero-order chi connectivity index (χ0) is 56.2. The van der Waals surface area contributed by atoms with Crippen LogP contribution in [0.25, 0.3) is 11.1 Å². The highest BCUT2D eigenvalue weighted by atomic mass is 16.6. The molecule has 17 heteroatoms. The summed E-state index contributed by atoms with van der Waals surface area (Å²) in [5.74, 6) is -3.34. The van der Waals surface area contributed by atoms with E-state index in [0.29, 0.717) is 88.1 Å². The molecule has 0 bridgehead atoms. The van der Waals surface area contributed by atoms with E-state index in [4.69, 9.17) is 47.4 Å². The number of benzene rings is 4. The van der Waals surface area contributed by atoms with Crippen LogP contribution < -0.4 is 23.7 Å². The molecule has 78 heavy (non-hydrogen) atoms. The number of unbranched alkanes of at least 4 members (excludes halogenated alkanes) is 10. The Balaban J connectivity index is 1.57. The van der Waals surface area contributed by atoms with E-state index in [0.717, 1.165) is 88.5 Å². The van der Waals surface area contributed by atoms with Crippen LogP contribution in [0.5, 0.6) is 28.7 Å². The van der Waals surface area contributed by atoms with Crippen LogP contribution in [0.3, 0.4) is 0 Å². The van der Waals surface area contributed by atoms with Gasteiger partial charge in [0, 0.05) is 24.3 Å². The van der Waals surface area contributed by atoms with Gasteiger partial charge in [0.2, 0.25) is 0 Å². The van der Waals surface area contributed by atoms with Crippen molar-refractivity contribution in [3.05, 3.63) is 152 Å². The number of hydrogen-bond acceptors (Lipinski definition) is 17. The van der Waals surface area contributed by atoms with Gasteiger partial charge in [-0.15, -0.1) is 0 Å². The van der Waals surface area contributed by atoms with E-state index in [9.17, 15) is 33.6 Å². The summed E-state index contributed by atoms with van der Waals surface area (Å²) in [6, 6.07) is 22.4. The molecular weight excluding hydrogens is 1000 g/mol. The second kappa shape index (κ2) is 36.5. The molecule has 4 aromatic carbocycles. The third-order valence-corrected chi connectivity index (χ3v) is 11.4. The molecule has 0 unspecified atom stereocenters. The van der Waals surface area contributed by atoms with Crippen LogP contribution in [-0.4, -0.2) is 94.6 Å². The quantitative estimate of drug-likeness (QED) is 0.0134. The topological polar surface area (TPSA) is 212 Å². The summed E-state index contributed by atoms with van der Waals surface area (Å²) < 4.78 is 55.5. The highest BCUT2D eigenvalue weighted by Gasteiger charge is 2.30. The maximum atomic E-state index is 14.6. The number of carbonyl (C=O) groups excluding carboxylic acids is 7. The van der Waals surface area contributed by atoms with Gasteiger partial charge in [-0.2, -0.15) is 0 Å². The van der Waals surface area contributed by atoms with Crippen LogP contribution in [0.1, 0.15) is 121 Å². The van der Waals surface area contributed by atoms with E-state index in [1.165, 1.54) is 30.3 Å². The highest BCUT2D eigenvalue weighted by Crippen LogP contribution is 2.36. The third kappa shape index (κ3) is 23.6. The molecule has 4 rings (SSSR count). The van der Waals surface area contributed by atoms with Crippen molar-refractivity contribution in [3.63, 3.8) is 0 Å². The first kappa shape index (κ1) is 62.1. The first-order valence-electron chi connectivity index (χ1n) is 26.1. The summed E-state index contributed by atoms with van der Waals surface area (Å²) in [7, 11) is 0. The molecule has 0 saturated heterocycles. The predicted octanol–water partition coefficient (Wildman–Crippen LogP) is 11.5. The largest absolute Gasteiger partial charge is 0.494 e. The van der Waals surface area contributed by atoms with Gasteiger partial charge in [0.25, 0.3) is 0 Å². The fourth-order valence-corrected chi connectivity index (χ4v) is 7.27. The molecule has 0 spiro atoms. The maximum absolute atomic E-state index is 14.6. The highest BCUT2D eigenvalue weighted by molar-refractivity contribution is 6.10. The summed E-state index contributed by atoms with van der Waals surface area (Å²) >= 11 is 0. The third-order valence-electron chi connectivity index (χ3n) is 11.4. The number of rotatable bonds is 39. The molecule has 0 aromatic heterocycles. The van der Waals surface area contributed by atoms with Crippen molar-refractivity contribution in [1.82, 2.24) is 0 Å². The van der Waals surface area contributed by atoms with Gasteiger partial charge in [-0.1, -0.05) is 38.4 Å². The Hall–Kier alpha value is -8.47. The van der Waals surface area contributed by atoms with Crippen molar-refractivity contribution < 1.29 is 80.9 Å². The first-order chi connectivity index (χ1) is 38.0. The van der Waals surface area contributed by atoms with Crippen LogP contribution in [0, 0.1) is 0 Å². The van der Waals surface area contributed by atoms with Crippen molar-refractivity contribution in [1.29, 1.82) is 0 Å². The smallest absolute Gasteiger partial charge is 0.348 e. The normalized spacial score (nSPS) is 10.5. The number of esters is 7. The lowest BCUT2D eigenvalue weighted by Gasteiger charge is -2.18. The second-order valence-electron chi connectivity index (χ2n) is 17.3. The average molecular weight is 1080 g/mol. The summed E-state index contributed by atoms with van der Waals surface area (Å²) in [5, 5.41) is 0. The van der Waals surface area contributed by atoms with Gasteiger partial charge < -0.3 is 47.4 Å². The molecule has 0 radical (unpaired) electrons. The molecule has 0 atom stereocenters. The molecule has 0 aliphatic rings. The molecule has 416 valence electrons. The molecule has 0 aliphatic carbocycles. The van der Waals surface area contributed by atoms with Crippen molar-refractivity contribution in [2.75, 3.05) is 52.9 Å². The Labute approximate surface area is 456 Å². The monoisotopic (exact) mass is 1070 g/mol. The van der Waals surface area contributed by atoms with Crippen molar-refractivity contribution in [2.45, 2.75) is 89.9 Å². The summed E-state index contributed by atoms with van der Waals surface area (Å²) in [4.78, 5) is 88.3. The molecule has 0 amide bonds. The van der Waals surface area contributed by atoms with Crippen molar-refractivity contribution in [2.24, 2.45) is 0 Å². The Kier molecular flexibility index (Phi) is 29.0. The Morgan fingerprint density at radius 1 is 0.321 bits per heavy atom. The summed E-state index contributed by atoms with van der Waals surface area (Å²) in [5.41, 5.74) is 0.249. The fraction of sp³-hybridized carbons (Fsp3) is 0.361. The first-order valence-corrected chi connectivity index (χ1v) is 26.1. The van der Waals surface area contributed by atoms with E-state index < -0.39 is 41.8 Å². The van der Waals surface area contributed by atoms with E-state index in [-0.39, 0.29) is 47.0 Å². The molecule has 4 aromatic rings. The molecular formula is C61H70O17. The van der Waals surface area contributed by atoms with Crippen LogP contribution in [0.15, 0.2) is 136 Å². The molecule has 17 nitrogen and oxygen atoms in total. The lowest BCUT2D eigenvalue weighted by molar-refractivity contribution is -0.138. The van der Waals surface area contributed by atoms with Crippen molar-refractivity contribution >= 4 is 41.8 Å². The van der Waals surface area contributed by atoms with Gasteiger partial charge in [0.1, 0.15) is 34.3 Å². The number of ether oxygens (including phenoxy) is 10. The number of carbonyl (C=O) groups is 7. The minimum atomic E-state index is -1.03. The Bertz CT molecular complexity index is 2580. The standard InChI is InChI=1S/C61H70O17/c1-5-53(62)72-40-18-12-9-15-37-69-47-27-23-45(24-28-47)51-35-36-52(78-59(66)46-25-29-48(30-26-46)70-38-16-10-13-19-41-73-54(63)6-2)58(57(51)60(67)76-44-22-21-43-75-56(65)8-4)61(68)77-50-33-31-49(32-34-50)71-39-17-11-14-20-42-74-55(64)7-3/h5-8,23-36H,1-4,9-22,37-44H2. The molecule has 0 heterocycles. The molecule has 0 aliphatic heterocycles. The lowest BCUT2D eigenvalue weighted by Crippen LogP contribution is -2.21. The minimum absolute atomic E-state index is 0.0594. The Morgan fingerprint density at radius 3 is 1.08 bits per heavy atom. The van der Waals surface area contributed by atoms with Gasteiger partial charge >= 0.3 is 41.8 Å². The second-order valence-corrected chi connectivity index (χ2v) is 17.3. The SMILES string of the molecule is C=CC(=O)OCCCCCCOc1ccc(OC(=O)c2c(OC(=O)c3ccc(OCCCCCCOC(=O)C=C)cc3)ccc(-c3ccc(OCCCCCCOC(=O)C=C)cc3)c2C(=O)OCCCCOC(=O)C=C)cc1. The zero-order valence-corrected chi connectivity index (χ0v) is 44.2. The zero-order valence-electron chi connectivity index (χ0n) is 44.2. The van der Waals surface area contributed by atoms with E-state index >= 15 is 0 Å². The Morgan fingerprint density at radius 2 is 0.667 bits per heavy atom. The van der Waals surface area contributed by atoms with Crippen LogP contribution >= 0.6 is 0 Å². The fourth-order valence-electron chi connectivity index (χ4n) is 7.27. The predicted molar refractivity (Wildman–Crippen MR) is 291 cm³/mol. The van der Waals surface area contributed by atoms with Gasteiger partial charge in [-0.25, -0.2) is 33.6 Å². The molecule has 0 N–H and O–H groups in total. The summed E-state index contributed by atoms with van der Waals surface area (Å²) in [6.07, 6.45) is 14.6. The van der Waals surface area contributed by atoms with Crippen molar-refractivity contribution in [3.8, 4) is 39.9 Å². The average Bonchev–Trinajstić information content (AvgIpc) is 3.52. The van der Waals surface area contributed by atoms with E-state index in [1.54, 1.807) is 54.6 Å². The minimum Gasteiger partial charge on any atom is -0.494 e. The maximum Gasteiger partial charge on any atom is 0.348 e. The lowest BCUT2D eigenvalue weighted by atomic mass is 9.94. The molecule has 0 saturated carbocycles. The summed E-state index contributed by atoms with van der Waals surface area (Å²) in [6.45, 7) is 15.7. The van der Waals surface area contributed by atoms with Crippen LogP contribution in [-0.2, 0) is 42.9 Å². The van der Waals surface area contributed by atoms with Crippen LogP contribution in [0.2, 0.25) is 0 Å². The van der Waals surface area contributed by atoms with E-state index in [2.05, 4.69) is 26.3 Å². The van der Waals surface area contributed by atoms with Gasteiger partial charge in [0.05, 0.1) is 64.0 Å². The van der Waals surface area contributed by atoms with E-state index in [1.807, 2.05) is 0 Å². The molecule has 0 fully saturated rings. The van der Waals surface area contributed by atoms with Gasteiger partial charge in [-0.05, 0) is 174 Å². The number of hydrogen-bond donors (Lipinski definition) is 0.